The van der Waals surface area contributed by atoms with Gasteiger partial charge >= 0.3 is 5.97 Å². The largest absolute Gasteiger partial charge is 0.502 e. The smallest absolute Gasteiger partial charge is 0.305 e. The Morgan fingerprint density at radius 3 is 2.60 bits per heavy atom. The average molecular weight is 214 g/mol. The number of esters is 1. The quantitative estimate of drug-likeness (QED) is 0.336. The first-order valence-electron chi connectivity index (χ1n) is 5.73. The molecule has 0 aromatic rings. The van der Waals surface area contributed by atoms with Crippen LogP contribution in [-0.2, 0) is 14.3 Å². The van der Waals surface area contributed by atoms with E-state index in [1.807, 2.05) is 19.9 Å². The molecule has 0 bridgehead atoms. The fraction of sp³-hybridized carbons (Fsp3) is 0.750. The van der Waals surface area contributed by atoms with Crippen molar-refractivity contribution in [3.63, 3.8) is 0 Å². The number of carbonyl (C=O) groups excluding carboxylic acids is 1. The van der Waals surface area contributed by atoms with Crippen LogP contribution in [0.4, 0.5) is 0 Å². The fourth-order valence-electron chi connectivity index (χ4n) is 1.17. The highest BCUT2D eigenvalue weighted by Gasteiger charge is 1.99. The Bertz CT molecular complexity index is 176. The van der Waals surface area contributed by atoms with E-state index in [0.29, 0.717) is 13.0 Å². The first-order chi connectivity index (χ1) is 7.31. The third kappa shape index (κ3) is 10.9. The van der Waals surface area contributed by atoms with Crippen LogP contribution in [0.1, 0.15) is 46.0 Å². The molecule has 0 heterocycles. The molecule has 15 heavy (non-hydrogen) atoms. The van der Waals surface area contributed by atoms with Crippen molar-refractivity contribution in [3.05, 3.63) is 12.3 Å². The molecule has 0 aliphatic rings. The summed E-state index contributed by atoms with van der Waals surface area (Å²) in [5.41, 5.74) is 0. The summed E-state index contributed by atoms with van der Waals surface area (Å²) in [6.45, 7) is 5.00. The SMILES string of the molecule is CCO/C=C/CCCCCC(=O)OCC. The molecule has 88 valence electrons. The normalized spacial score (nSPS) is 10.5. The van der Waals surface area contributed by atoms with Crippen molar-refractivity contribution in [1.29, 1.82) is 0 Å². The van der Waals surface area contributed by atoms with Gasteiger partial charge in [-0.15, -0.1) is 0 Å². The van der Waals surface area contributed by atoms with Gasteiger partial charge in [0.05, 0.1) is 19.5 Å². The van der Waals surface area contributed by atoms with Crippen LogP contribution in [0, 0.1) is 0 Å². The van der Waals surface area contributed by atoms with Crippen LogP contribution >= 0.6 is 0 Å². The number of rotatable bonds is 9. The summed E-state index contributed by atoms with van der Waals surface area (Å²) >= 11 is 0. The van der Waals surface area contributed by atoms with Crippen LogP contribution in [0.2, 0.25) is 0 Å². The van der Waals surface area contributed by atoms with Crippen LogP contribution in [-0.4, -0.2) is 19.2 Å². The second-order valence-electron chi connectivity index (χ2n) is 3.23. The molecule has 0 aromatic carbocycles. The lowest BCUT2D eigenvalue weighted by molar-refractivity contribution is -0.143. The summed E-state index contributed by atoms with van der Waals surface area (Å²) in [7, 11) is 0. The standard InChI is InChI=1S/C12H22O3/c1-3-14-11-9-7-5-6-8-10-12(13)15-4-2/h9,11H,3-8,10H2,1-2H3/b11-9+. The highest BCUT2D eigenvalue weighted by atomic mass is 16.5. The zero-order valence-electron chi connectivity index (χ0n) is 9.83. The van der Waals surface area contributed by atoms with Gasteiger partial charge in [0, 0.05) is 6.42 Å². The summed E-state index contributed by atoms with van der Waals surface area (Å²) in [6, 6.07) is 0. The Morgan fingerprint density at radius 2 is 1.93 bits per heavy atom. The van der Waals surface area contributed by atoms with E-state index in [9.17, 15) is 4.79 Å². The van der Waals surface area contributed by atoms with Crippen molar-refractivity contribution in [2.24, 2.45) is 0 Å². The van der Waals surface area contributed by atoms with E-state index in [0.717, 1.165) is 32.3 Å². The van der Waals surface area contributed by atoms with Gasteiger partial charge in [-0.2, -0.15) is 0 Å². The van der Waals surface area contributed by atoms with Crippen LogP contribution < -0.4 is 0 Å². The molecule has 0 spiro atoms. The van der Waals surface area contributed by atoms with Gasteiger partial charge in [0.2, 0.25) is 0 Å². The lowest BCUT2D eigenvalue weighted by Gasteiger charge is -2.00. The maximum Gasteiger partial charge on any atom is 0.305 e. The molecule has 0 unspecified atom stereocenters. The monoisotopic (exact) mass is 214 g/mol. The van der Waals surface area contributed by atoms with Crippen molar-refractivity contribution < 1.29 is 14.3 Å². The molecule has 3 nitrogen and oxygen atoms in total. The molecule has 0 fully saturated rings. The van der Waals surface area contributed by atoms with E-state index in [1.54, 1.807) is 6.26 Å². The second kappa shape index (κ2) is 11.1. The molecule has 0 aromatic heterocycles. The Labute approximate surface area is 92.5 Å². The van der Waals surface area contributed by atoms with Gasteiger partial charge in [0.15, 0.2) is 0 Å². The lowest BCUT2D eigenvalue weighted by atomic mass is 10.1. The molecule has 0 saturated carbocycles. The predicted octanol–water partition coefficient (Wildman–Crippen LogP) is 3.05. The molecule has 0 amide bonds. The van der Waals surface area contributed by atoms with Gasteiger partial charge in [0.1, 0.15) is 0 Å². The maximum atomic E-state index is 11.0. The highest BCUT2D eigenvalue weighted by Crippen LogP contribution is 2.04. The fourth-order valence-corrected chi connectivity index (χ4v) is 1.17. The van der Waals surface area contributed by atoms with Crippen LogP contribution in [0.5, 0.6) is 0 Å². The van der Waals surface area contributed by atoms with E-state index < -0.39 is 0 Å². The molecular formula is C12H22O3. The van der Waals surface area contributed by atoms with E-state index in [2.05, 4.69) is 0 Å². The third-order valence-corrected chi connectivity index (χ3v) is 1.92. The Balaban J connectivity index is 3.14. The predicted molar refractivity (Wildman–Crippen MR) is 60.5 cm³/mol. The number of hydrogen-bond acceptors (Lipinski definition) is 3. The highest BCUT2D eigenvalue weighted by molar-refractivity contribution is 5.69. The van der Waals surface area contributed by atoms with Gasteiger partial charge < -0.3 is 9.47 Å². The lowest BCUT2D eigenvalue weighted by Crippen LogP contribution is -2.02. The van der Waals surface area contributed by atoms with Crippen molar-refractivity contribution in [3.8, 4) is 0 Å². The van der Waals surface area contributed by atoms with Gasteiger partial charge in [-0.1, -0.05) is 6.42 Å². The molecule has 0 radical (unpaired) electrons. The number of hydrogen-bond donors (Lipinski definition) is 0. The molecular weight excluding hydrogens is 192 g/mol. The summed E-state index contributed by atoms with van der Waals surface area (Å²) < 4.78 is 9.88. The first-order valence-corrected chi connectivity index (χ1v) is 5.73. The second-order valence-corrected chi connectivity index (χ2v) is 3.23. The van der Waals surface area contributed by atoms with Crippen LogP contribution in [0.15, 0.2) is 12.3 Å². The molecule has 0 atom stereocenters. The summed E-state index contributed by atoms with van der Waals surface area (Å²) in [4.78, 5) is 11.0. The minimum Gasteiger partial charge on any atom is -0.502 e. The third-order valence-electron chi connectivity index (χ3n) is 1.92. The van der Waals surface area contributed by atoms with E-state index in [-0.39, 0.29) is 5.97 Å². The molecule has 0 aliphatic carbocycles. The van der Waals surface area contributed by atoms with Gasteiger partial charge in [0.25, 0.3) is 0 Å². The number of unbranched alkanes of at least 4 members (excludes halogenated alkanes) is 3. The minimum absolute atomic E-state index is 0.0811. The first kappa shape index (κ1) is 14.0. The van der Waals surface area contributed by atoms with Gasteiger partial charge in [-0.05, 0) is 39.2 Å². The summed E-state index contributed by atoms with van der Waals surface area (Å²) in [5, 5.41) is 0. The number of allylic oxidation sites excluding steroid dienone is 1. The van der Waals surface area contributed by atoms with Gasteiger partial charge in [-0.25, -0.2) is 0 Å². The number of ether oxygens (including phenoxy) is 2. The Morgan fingerprint density at radius 1 is 1.13 bits per heavy atom. The van der Waals surface area contributed by atoms with E-state index in [1.165, 1.54) is 0 Å². The topological polar surface area (TPSA) is 35.5 Å². The van der Waals surface area contributed by atoms with E-state index >= 15 is 0 Å². The molecule has 0 aliphatic heterocycles. The number of carbonyl (C=O) groups is 1. The average Bonchev–Trinajstić information content (AvgIpc) is 2.22. The van der Waals surface area contributed by atoms with Crippen molar-refractivity contribution >= 4 is 5.97 Å². The van der Waals surface area contributed by atoms with Crippen molar-refractivity contribution in [2.75, 3.05) is 13.2 Å². The van der Waals surface area contributed by atoms with E-state index in [4.69, 9.17) is 9.47 Å². The minimum atomic E-state index is -0.0811. The Kier molecular flexibility index (Phi) is 10.4. The van der Waals surface area contributed by atoms with Crippen molar-refractivity contribution in [1.82, 2.24) is 0 Å². The van der Waals surface area contributed by atoms with Crippen LogP contribution in [0.3, 0.4) is 0 Å². The molecule has 0 rings (SSSR count). The zero-order chi connectivity index (χ0) is 11.4. The van der Waals surface area contributed by atoms with Crippen molar-refractivity contribution in [2.45, 2.75) is 46.0 Å². The molecule has 0 N–H and O–H groups in total. The molecule has 3 heteroatoms. The Hall–Kier alpha value is -0.990. The summed E-state index contributed by atoms with van der Waals surface area (Å²) in [5.74, 6) is -0.0811. The zero-order valence-corrected chi connectivity index (χ0v) is 9.83. The van der Waals surface area contributed by atoms with Gasteiger partial charge in [-0.3, -0.25) is 4.79 Å². The summed E-state index contributed by atoms with van der Waals surface area (Å²) in [6.07, 6.45) is 8.41. The maximum absolute atomic E-state index is 11.0. The molecule has 0 saturated heterocycles. The van der Waals surface area contributed by atoms with Crippen LogP contribution in [0.25, 0.3) is 0 Å².